The smallest absolute Gasteiger partial charge is 0.269 e. The fraction of sp³-hybridized carbons (Fsp3) is 0.143. The number of nitrogens with one attached hydrogen (secondary N) is 2. The Morgan fingerprint density at radius 3 is 2.56 bits per heavy atom. The summed E-state index contributed by atoms with van der Waals surface area (Å²) in [6, 6.07) is 16.0. The quantitative estimate of drug-likeness (QED) is 0.665. The number of rotatable bonds is 7. The highest BCUT2D eigenvalue weighted by atomic mass is 19.1. The van der Waals surface area contributed by atoms with E-state index in [0.717, 1.165) is 5.56 Å². The molecule has 0 radical (unpaired) electrons. The second-order valence-corrected chi connectivity index (χ2v) is 6.01. The van der Waals surface area contributed by atoms with Crippen LogP contribution in [-0.4, -0.2) is 17.4 Å². The number of nitrogens with zero attached hydrogens (tertiary/aromatic N) is 1. The second kappa shape index (κ2) is 8.89. The summed E-state index contributed by atoms with van der Waals surface area (Å²) in [4.78, 5) is 16.3. The van der Waals surface area contributed by atoms with Gasteiger partial charge in [-0.15, -0.1) is 0 Å². The lowest BCUT2D eigenvalue weighted by Crippen LogP contribution is -2.26. The van der Waals surface area contributed by atoms with E-state index in [2.05, 4.69) is 15.6 Å². The average Bonchev–Trinajstić information content (AvgIpc) is 2.69. The Morgan fingerprint density at radius 2 is 1.78 bits per heavy atom. The summed E-state index contributed by atoms with van der Waals surface area (Å²) in [5.74, 6) is -0.865. The van der Waals surface area contributed by atoms with Gasteiger partial charge in [-0.05, 0) is 42.3 Å². The van der Waals surface area contributed by atoms with Gasteiger partial charge in [-0.3, -0.25) is 9.78 Å². The highest BCUT2D eigenvalue weighted by molar-refractivity contribution is 5.93. The van der Waals surface area contributed by atoms with Crippen molar-refractivity contribution >= 4 is 11.6 Å². The molecular formula is C21H19F2N3O. The van der Waals surface area contributed by atoms with Crippen LogP contribution in [0.15, 0.2) is 66.9 Å². The van der Waals surface area contributed by atoms with Crippen molar-refractivity contribution in [1.29, 1.82) is 0 Å². The van der Waals surface area contributed by atoms with Crippen LogP contribution in [0.2, 0.25) is 0 Å². The molecule has 1 heterocycles. The Kier molecular flexibility index (Phi) is 6.10. The molecule has 1 aromatic heterocycles. The zero-order chi connectivity index (χ0) is 19.1. The van der Waals surface area contributed by atoms with Gasteiger partial charge in [0.05, 0.1) is 0 Å². The summed E-state index contributed by atoms with van der Waals surface area (Å²) in [6.07, 6.45) is 2.12. The first-order valence-electron chi connectivity index (χ1n) is 8.58. The van der Waals surface area contributed by atoms with Gasteiger partial charge >= 0.3 is 0 Å². The third-order valence-electron chi connectivity index (χ3n) is 4.05. The Bertz CT molecular complexity index is 913. The van der Waals surface area contributed by atoms with Crippen LogP contribution in [0, 0.1) is 11.6 Å². The molecule has 0 aliphatic heterocycles. The number of anilines is 1. The zero-order valence-corrected chi connectivity index (χ0v) is 14.6. The van der Waals surface area contributed by atoms with Gasteiger partial charge in [0.2, 0.25) is 0 Å². The van der Waals surface area contributed by atoms with E-state index in [-0.39, 0.29) is 23.2 Å². The highest BCUT2D eigenvalue weighted by Gasteiger charge is 2.08. The molecular weight excluding hydrogens is 348 g/mol. The van der Waals surface area contributed by atoms with Crippen LogP contribution in [0.5, 0.6) is 0 Å². The third-order valence-corrected chi connectivity index (χ3v) is 4.05. The summed E-state index contributed by atoms with van der Waals surface area (Å²) in [5.41, 5.74) is 2.43. The van der Waals surface area contributed by atoms with Crippen molar-refractivity contribution in [1.82, 2.24) is 10.3 Å². The molecule has 0 aliphatic rings. The Hall–Kier alpha value is -3.28. The van der Waals surface area contributed by atoms with Gasteiger partial charge in [0, 0.05) is 30.5 Å². The number of aromatic nitrogens is 1. The fourth-order valence-electron chi connectivity index (χ4n) is 2.57. The van der Waals surface area contributed by atoms with Gasteiger partial charge in [-0.25, -0.2) is 8.78 Å². The summed E-state index contributed by atoms with van der Waals surface area (Å²) < 4.78 is 26.5. The summed E-state index contributed by atoms with van der Waals surface area (Å²) >= 11 is 0. The number of hydrogen-bond donors (Lipinski definition) is 2. The molecule has 138 valence electrons. The van der Waals surface area contributed by atoms with Crippen molar-refractivity contribution in [3.63, 3.8) is 0 Å². The minimum absolute atomic E-state index is 0.271. The monoisotopic (exact) mass is 367 g/mol. The van der Waals surface area contributed by atoms with Crippen LogP contribution in [0.1, 0.15) is 21.6 Å². The van der Waals surface area contributed by atoms with Gasteiger partial charge in [0.25, 0.3) is 5.91 Å². The molecule has 1 amide bonds. The molecule has 3 aromatic rings. The van der Waals surface area contributed by atoms with E-state index in [0.29, 0.717) is 30.8 Å². The standard InChI is InChI=1S/C21H19F2N3O/c22-17-7-5-15(6-8-17)9-11-25-21(27)20-13-18(10-12-24-20)26-14-16-3-1-2-4-19(16)23/h1-8,10,12-13H,9,11,14H2,(H,24,26)(H,25,27). The molecule has 6 heteroatoms. The number of halogens is 2. The van der Waals surface area contributed by atoms with Gasteiger partial charge in [-0.2, -0.15) is 0 Å². The van der Waals surface area contributed by atoms with E-state index in [1.807, 2.05) is 0 Å². The minimum atomic E-state index is -0.299. The predicted molar refractivity (Wildman–Crippen MR) is 100 cm³/mol. The van der Waals surface area contributed by atoms with Gasteiger partial charge < -0.3 is 10.6 Å². The van der Waals surface area contributed by atoms with Crippen LogP contribution >= 0.6 is 0 Å². The Balaban J connectivity index is 1.53. The van der Waals surface area contributed by atoms with Crippen molar-refractivity contribution < 1.29 is 13.6 Å². The molecule has 0 atom stereocenters. The van der Waals surface area contributed by atoms with Crippen LogP contribution in [0.3, 0.4) is 0 Å². The summed E-state index contributed by atoms with van der Waals surface area (Å²) in [5, 5.41) is 5.88. The lowest BCUT2D eigenvalue weighted by molar-refractivity contribution is 0.0949. The van der Waals surface area contributed by atoms with Crippen molar-refractivity contribution in [2.24, 2.45) is 0 Å². The molecule has 0 bridgehead atoms. The number of carbonyl (C=O) groups excluding carboxylic acids is 1. The predicted octanol–water partition coefficient (Wildman–Crippen LogP) is 3.94. The summed E-state index contributed by atoms with van der Waals surface area (Å²) in [6.45, 7) is 0.724. The minimum Gasteiger partial charge on any atom is -0.381 e. The lowest BCUT2D eigenvalue weighted by Gasteiger charge is -2.09. The van der Waals surface area contributed by atoms with E-state index >= 15 is 0 Å². The maximum atomic E-state index is 13.7. The van der Waals surface area contributed by atoms with Crippen molar-refractivity contribution in [2.75, 3.05) is 11.9 Å². The molecule has 2 aromatic carbocycles. The molecule has 3 rings (SSSR count). The largest absolute Gasteiger partial charge is 0.381 e. The second-order valence-electron chi connectivity index (χ2n) is 6.01. The van der Waals surface area contributed by atoms with Crippen molar-refractivity contribution in [2.45, 2.75) is 13.0 Å². The van der Waals surface area contributed by atoms with Gasteiger partial charge in [-0.1, -0.05) is 30.3 Å². The maximum Gasteiger partial charge on any atom is 0.269 e. The number of carbonyl (C=O) groups is 1. The van der Waals surface area contributed by atoms with Crippen LogP contribution in [0.25, 0.3) is 0 Å². The average molecular weight is 367 g/mol. The van der Waals surface area contributed by atoms with Gasteiger partial charge in [0.1, 0.15) is 17.3 Å². The normalized spacial score (nSPS) is 10.4. The highest BCUT2D eigenvalue weighted by Crippen LogP contribution is 2.12. The van der Waals surface area contributed by atoms with Crippen LogP contribution in [-0.2, 0) is 13.0 Å². The van der Waals surface area contributed by atoms with E-state index in [1.165, 1.54) is 24.4 Å². The van der Waals surface area contributed by atoms with E-state index < -0.39 is 0 Å². The SMILES string of the molecule is O=C(NCCc1ccc(F)cc1)c1cc(NCc2ccccc2F)ccn1. The molecule has 4 nitrogen and oxygen atoms in total. The number of hydrogen-bond acceptors (Lipinski definition) is 3. The number of pyridine rings is 1. The molecule has 0 saturated heterocycles. The van der Waals surface area contributed by atoms with Gasteiger partial charge in [0.15, 0.2) is 0 Å². The van der Waals surface area contributed by atoms with Crippen LogP contribution < -0.4 is 10.6 Å². The van der Waals surface area contributed by atoms with Crippen molar-refractivity contribution in [3.05, 3.63) is 95.3 Å². The molecule has 0 aliphatic carbocycles. The molecule has 0 unspecified atom stereocenters. The zero-order valence-electron chi connectivity index (χ0n) is 14.6. The first kappa shape index (κ1) is 18.5. The fourth-order valence-corrected chi connectivity index (χ4v) is 2.57. The first-order chi connectivity index (χ1) is 13.1. The van der Waals surface area contributed by atoms with Crippen LogP contribution in [0.4, 0.5) is 14.5 Å². The number of amides is 1. The molecule has 0 spiro atoms. The molecule has 2 N–H and O–H groups in total. The van der Waals surface area contributed by atoms with E-state index in [1.54, 1.807) is 42.5 Å². The number of benzene rings is 2. The Labute approximate surface area is 156 Å². The Morgan fingerprint density at radius 1 is 1.00 bits per heavy atom. The molecule has 0 fully saturated rings. The molecule has 0 saturated carbocycles. The van der Waals surface area contributed by atoms with E-state index in [4.69, 9.17) is 0 Å². The third kappa shape index (κ3) is 5.34. The maximum absolute atomic E-state index is 13.7. The van der Waals surface area contributed by atoms with Crippen molar-refractivity contribution in [3.8, 4) is 0 Å². The first-order valence-corrected chi connectivity index (χ1v) is 8.58. The lowest BCUT2D eigenvalue weighted by atomic mass is 10.1. The topological polar surface area (TPSA) is 54.0 Å². The molecule has 27 heavy (non-hydrogen) atoms. The van der Waals surface area contributed by atoms with E-state index in [9.17, 15) is 13.6 Å². The summed E-state index contributed by atoms with van der Waals surface area (Å²) in [7, 11) is 0.